The van der Waals surface area contributed by atoms with Crippen molar-refractivity contribution >= 4 is 33.5 Å². The molecule has 4 aromatic rings. The van der Waals surface area contributed by atoms with Crippen LogP contribution in [-0.2, 0) is 15.8 Å². The Bertz CT molecular complexity index is 1460. The number of anilines is 1. The molecular formula is C27H26N2O4S. The van der Waals surface area contributed by atoms with Crippen LogP contribution in [0, 0.1) is 13.8 Å². The molecule has 4 rings (SSSR count). The van der Waals surface area contributed by atoms with Crippen LogP contribution >= 0.6 is 0 Å². The van der Waals surface area contributed by atoms with Gasteiger partial charge in [-0.2, -0.15) is 0 Å². The zero-order chi connectivity index (χ0) is 24.4. The van der Waals surface area contributed by atoms with Crippen LogP contribution in [0.25, 0.3) is 22.3 Å². The summed E-state index contributed by atoms with van der Waals surface area (Å²) in [6.07, 6.45) is 0. The van der Waals surface area contributed by atoms with Gasteiger partial charge in [0, 0.05) is 23.6 Å². The number of nitrogens with one attached hydrogen (secondary N) is 2. The summed E-state index contributed by atoms with van der Waals surface area (Å²) >= 11 is 0. The second-order valence-corrected chi connectivity index (χ2v) is 9.45. The third kappa shape index (κ3) is 4.65. The highest BCUT2D eigenvalue weighted by molar-refractivity contribution is 7.83. The van der Waals surface area contributed by atoms with Crippen molar-refractivity contribution in [1.82, 2.24) is 4.72 Å². The molecule has 0 saturated heterocycles. The van der Waals surface area contributed by atoms with Gasteiger partial charge in [-0.1, -0.05) is 48.5 Å². The van der Waals surface area contributed by atoms with Crippen LogP contribution in [0.3, 0.4) is 0 Å². The molecular weight excluding hydrogens is 448 g/mol. The van der Waals surface area contributed by atoms with Gasteiger partial charge in [0.15, 0.2) is 16.4 Å². The lowest BCUT2D eigenvalue weighted by atomic mass is 9.99. The van der Waals surface area contributed by atoms with Crippen molar-refractivity contribution in [3.63, 3.8) is 0 Å². The Morgan fingerprint density at radius 1 is 1.00 bits per heavy atom. The van der Waals surface area contributed by atoms with Crippen molar-refractivity contribution in [3.8, 4) is 11.3 Å². The first-order valence-corrected chi connectivity index (χ1v) is 12.1. The minimum Gasteiger partial charge on any atom is -0.455 e. The van der Waals surface area contributed by atoms with Gasteiger partial charge in [0.05, 0.1) is 22.0 Å². The Morgan fingerprint density at radius 3 is 2.38 bits per heavy atom. The number of fused-ring (bicyclic) bond motifs is 1. The Morgan fingerprint density at radius 2 is 1.68 bits per heavy atom. The topological polar surface area (TPSA) is 88.4 Å². The zero-order valence-electron chi connectivity index (χ0n) is 19.5. The second kappa shape index (κ2) is 9.65. The molecule has 0 fully saturated rings. The molecule has 0 aliphatic rings. The van der Waals surface area contributed by atoms with E-state index in [-0.39, 0.29) is 17.4 Å². The summed E-state index contributed by atoms with van der Waals surface area (Å²) in [6.45, 7) is 7.00. The van der Waals surface area contributed by atoms with E-state index in [0.717, 1.165) is 16.7 Å². The minimum absolute atomic E-state index is 0.0654. The number of carbonyl (C=O) groups excluding carboxylic acids is 1. The maximum Gasteiger partial charge on any atom is 0.228 e. The largest absolute Gasteiger partial charge is 0.455 e. The third-order valence-corrected chi connectivity index (χ3v) is 6.82. The second-order valence-electron chi connectivity index (χ2n) is 8.27. The van der Waals surface area contributed by atoms with Crippen LogP contribution in [0.15, 0.2) is 80.8 Å². The summed E-state index contributed by atoms with van der Waals surface area (Å²) in [6, 6.07) is 20.2. The maximum absolute atomic E-state index is 13.3. The van der Waals surface area contributed by atoms with Crippen LogP contribution in [0.1, 0.15) is 36.6 Å². The van der Waals surface area contributed by atoms with E-state index >= 15 is 0 Å². The van der Waals surface area contributed by atoms with E-state index in [0.29, 0.717) is 32.9 Å². The minimum atomic E-state index is -1.70. The lowest BCUT2D eigenvalue weighted by Crippen LogP contribution is -2.23. The molecule has 2 N–H and O–H groups in total. The van der Waals surface area contributed by atoms with Crippen LogP contribution < -0.4 is 15.5 Å². The monoisotopic (exact) mass is 474 g/mol. The van der Waals surface area contributed by atoms with Gasteiger partial charge in [0.25, 0.3) is 0 Å². The summed E-state index contributed by atoms with van der Waals surface area (Å²) in [5.74, 6) is 0.166. The highest BCUT2D eigenvalue weighted by Crippen LogP contribution is 2.33. The summed E-state index contributed by atoms with van der Waals surface area (Å²) in [5.41, 5.74) is 4.21. The van der Waals surface area contributed by atoms with Gasteiger partial charge in [-0.25, -0.2) is 4.21 Å². The van der Waals surface area contributed by atoms with Gasteiger partial charge in [0.1, 0.15) is 11.3 Å². The molecule has 34 heavy (non-hydrogen) atoms. The fourth-order valence-corrected chi connectivity index (χ4v) is 4.90. The molecule has 0 radical (unpaired) electrons. The van der Waals surface area contributed by atoms with Crippen LogP contribution in [0.5, 0.6) is 0 Å². The number of para-hydroxylation sites is 1. The molecule has 7 heteroatoms. The standard InChI is InChI=1S/C27H26N2O4S/c1-16-14-21(18(3)28-23-12-8-9-13-24(23)34(32)29-19(4)30)27-22(15-16)25(31)17(2)26(33-27)20-10-6-5-7-11-20/h5-15,18,28H,1-4H3,(H,29,30). The van der Waals surface area contributed by atoms with E-state index in [4.69, 9.17) is 4.42 Å². The fourth-order valence-electron chi connectivity index (χ4n) is 4.00. The number of amides is 1. The van der Waals surface area contributed by atoms with Crippen molar-refractivity contribution in [3.05, 3.63) is 93.6 Å². The highest BCUT2D eigenvalue weighted by Gasteiger charge is 2.20. The lowest BCUT2D eigenvalue weighted by molar-refractivity contribution is -0.117. The Kier molecular flexibility index (Phi) is 6.65. The van der Waals surface area contributed by atoms with Gasteiger partial charge in [0.2, 0.25) is 5.91 Å². The quantitative estimate of drug-likeness (QED) is 0.390. The SMILES string of the molecule is CC(=O)NS(=O)c1ccccc1NC(C)c1cc(C)cc2c(=O)c(C)c(-c3ccccc3)oc12. The van der Waals surface area contributed by atoms with Gasteiger partial charge in [-0.15, -0.1) is 0 Å². The molecule has 0 aliphatic heterocycles. The predicted octanol–water partition coefficient (Wildman–Crippen LogP) is 5.41. The highest BCUT2D eigenvalue weighted by atomic mass is 32.2. The van der Waals surface area contributed by atoms with Crippen molar-refractivity contribution in [1.29, 1.82) is 0 Å². The molecule has 2 atom stereocenters. The molecule has 1 amide bonds. The molecule has 1 aromatic heterocycles. The van der Waals surface area contributed by atoms with E-state index in [1.807, 2.05) is 62.4 Å². The van der Waals surface area contributed by atoms with Gasteiger partial charge in [-0.05, 0) is 44.5 Å². The zero-order valence-corrected chi connectivity index (χ0v) is 20.3. The number of hydrogen-bond acceptors (Lipinski definition) is 5. The van der Waals surface area contributed by atoms with Gasteiger partial charge >= 0.3 is 0 Å². The molecule has 174 valence electrons. The first-order chi connectivity index (χ1) is 16.3. The summed E-state index contributed by atoms with van der Waals surface area (Å²) in [4.78, 5) is 25.2. The van der Waals surface area contributed by atoms with E-state index in [9.17, 15) is 13.8 Å². The Labute approximate surface area is 200 Å². The Balaban J connectivity index is 1.83. The smallest absolute Gasteiger partial charge is 0.228 e. The molecule has 0 spiro atoms. The normalized spacial score (nSPS) is 12.8. The molecule has 0 bridgehead atoms. The van der Waals surface area contributed by atoms with Crippen molar-refractivity contribution in [2.24, 2.45) is 0 Å². The summed E-state index contributed by atoms with van der Waals surface area (Å²) in [5, 5.41) is 3.91. The van der Waals surface area contributed by atoms with Crippen molar-refractivity contribution in [2.45, 2.75) is 38.6 Å². The molecule has 0 saturated carbocycles. The average Bonchev–Trinajstić information content (AvgIpc) is 2.81. The van der Waals surface area contributed by atoms with Crippen molar-refractivity contribution < 1.29 is 13.4 Å². The van der Waals surface area contributed by atoms with Gasteiger partial charge in [-0.3, -0.25) is 14.3 Å². The Hall–Kier alpha value is -3.71. The van der Waals surface area contributed by atoms with Crippen LogP contribution in [-0.4, -0.2) is 10.1 Å². The number of rotatable bonds is 6. The number of hydrogen-bond donors (Lipinski definition) is 2. The molecule has 2 unspecified atom stereocenters. The summed E-state index contributed by atoms with van der Waals surface area (Å²) in [7, 11) is -1.70. The van der Waals surface area contributed by atoms with E-state index < -0.39 is 11.0 Å². The summed E-state index contributed by atoms with van der Waals surface area (Å²) < 4.78 is 21.4. The van der Waals surface area contributed by atoms with E-state index in [1.165, 1.54) is 6.92 Å². The first kappa shape index (κ1) is 23.4. The van der Waals surface area contributed by atoms with E-state index in [1.54, 1.807) is 25.1 Å². The number of aryl methyl sites for hydroxylation is 1. The van der Waals surface area contributed by atoms with Gasteiger partial charge < -0.3 is 9.73 Å². The number of carbonyl (C=O) groups is 1. The number of benzene rings is 3. The fraction of sp³-hybridized carbons (Fsp3) is 0.185. The predicted molar refractivity (Wildman–Crippen MR) is 136 cm³/mol. The maximum atomic E-state index is 13.3. The molecule has 3 aromatic carbocycles. The molecule has 1 heterocycles. The lowest BCUT2D eigenvalue weighted by Gasteiger charge is -2.20. The molecule has 6 nitrogen and oxygen atoms in total. The first-order valence-electron chi connectivity index (χ1n) is 10.9. The average molecular weight is 475 g/mol. The molecule has 0 aliphatic carbocycles. The van der Waals surface area contributed by atoms with E-state index in [2.05, 4.69) is 10.0 Å². The third-order valence-electron chi connectivity index (χ3n) is 5.59. The van der Waals surface area contributed by atoms with Crippen molar-refractivity contribution in [2.75, 3.05) is 5.32 Å². The van der Waals surface area contributed by atoms with Crippen LogP contribution in [0.4, 0.5) is 5.69 Å². The van der Waals surface area contributed by atoms with Crippen LogP contribution in [0.2, 0.25) is 0 Å².